The van der Waals surface area contributed by atoms with E-state index in [1.165, 1.54) is 231 Å². The van der Waals surface area contributed by atoms with Crippen LogP contribution in [0.15, 0.2) is 0 Å². The number of hydrogen-bond donors (Lipinski definition) is 3. The quantitative estimate of drug-likeness (QED) is 0.0222. The number of aliphatic hydroxyl groups excluding tert-OH is 1. The topological polar surface area (TPSA) is 237 Å². The highest BCUT2D eigenvalue weighted by atomic mass is 31.2. The summed E-state index contributed by atoms with van der Waals surface area (Å²) in [5.41, 5.74) is 0. The summed E-state index contributed by atoms with van der Waals surface area (Å²) in [5.74, 6) is -1.24. The van der Waals surface area contributed by atoms with Crippen molar-refractivity contribution in [3.8, 4) is 0 Å². The van der Waals surface area contributed by atoms with Gasteiger partial charge >= 0.3 is 39.5 Å². The molecule has 0 spiro atoms. The molecule has 0 aromatic rings. The highest BCUT2D eigenvalue weighted by Crippen LogP contribution is 2.45. The zero-order chi connectivity index (χ0) is 71.9. The van der Waals surface area contributed by atoms with Crippen LogP contribution in [0.2, 0.25) is 0 Å². The van der Waals surface area contributed by atoms with E-state index in [-0.39, 0.29) is 25.7 Å². The lowest BCUT2D eigenvalue weighted by Crippen LogP contribution is -2.30. The Morgan fingerprint density at radius 1 is 0.286 bits per heavy atom. The number of carbonyl (C=O) groups is 4. The molecule has 0 aliphatic carbocycles. The molecule has 19 heteroatoms. The van der Waals surface area contributed by atoms with Gasteiger partial charge in [-0.25, -0.2) is 9.13 Å². The van der Waals surface area contributed by atoms with Crippen LogP contribution >= 0.6 is 15.6 Å². The molecular formula is C79H154O17P2. The summed E-state index contributed by atoms with van der Waals surface area (Å²) < 4.78 is 68.5. The third kappa shape index (κ3) is 71.1. The van der Waals surface area contributed by atoms with Gasteiger partial charge in [-0.1, -0.05) is 369 Å². The van der Waals surface area contributed by atoms with Crippen LogP contribution in [0.4, 0.5) is 0 Å². The van der Waals surface area contributed by atoms with Crippen molar-refractivity contribution in [2.45, 2.75) is 438 Å². The van der Waals surface area contributed by atoms with Gasteiger partial charge < -0.3 is 33.8 Å². The molecular weight excluding hydrogens is 1280 g/mol. The molecule has 3 unspecified atom stereocenters. The Kier molecular flexibility index (Phi) is 70.6. The van der Waals surface area contributed by atoms with Crippen molar-refractivity contribution in [2.75, 3.05) is 39.6 Å². The Morgan fingerprint density at radius 3 is 0.724 bits per heavy atom. The molecule has 0 bridgehead atoms. The standard InChI is InChI=1S/C79H154O17P2/c1-6-10-13-16-19-21-23-25-26-29-33-36-40-43-48-53-58-63-77(82)90-69-75(96-79(84)65-60-55-50-45-41-37-34-31-28-27-30-32-35-38-42-47-51-56-61-72(5)9-4)71-94-98(87,88)92-67-73(80)66-91-97(85,86)93-70-74(68-89-76(81)62-57-52-46-18-15-12-8-3)95-78(83)64-59-54-49-44-39-24-22-20-17-14-11-7-2/h72-75,80H,6-71H2,1-5H3,(H,85,86)(H,87,88)/t72?,73-,74+,75+/m0/s1. The second-order valence-corrected chi connectivity index (χ2v) is 31.6. The number of carbonyl (C=O) groups excluding carboxylic acids is 4. The minimum atomic E-state index is -4.96. The number of aliphatic hydroxyl groups is 1. The van der Waals surface area contributed by atoms with Crippen LogP contribution < -0.4 is 0 Å². The van der Waals surface area contributed by atoms with Crippen LogP contribution in [0, 0.1) is 5.92 Å². The molecule has 98 heavy (non-hydrogen) atoms. The van der Waals surface area contributed by atoms with Gasteiger partial charge in [-0.2, -0.15) is 0 Å². The number of ether oxygens (including phenoxy) is 4. The SMILES string of the molecule is CCCCCCCCCCCCCCCCCCCC(=O)OC[C@H](COP(=O)(O)OC[C@@H](O)COP(=O)(O)OC[C@@H](COC(=O)CCCCCCCCC)OC(=O)CCCCCCCCCCCCCC)OC(=O)CCCCCCCCCCCCCCCCCCCCC(C)CC. The van der Waals surface area contributed by atoms with Crippen LogP contribution in [0.1, 0.15) is 420 Å². The van der Waals surface area contributed by atoms with Crippen molar-refractivity contribution >= 4 is 39.5 Å². The van der Waals surface area contributed by atoms with Crippen molar-refractivity contribution < 1.29 is 80.2 Å². The molecule has 0 amide bonds. The lowest BCUT2D eigenvalue weighted by atomic mass is 9.99. The highest BCUT2D eigenvalue weighted by Gasteiger charge is 2.30. The van der Waals surface area contributed by atoms with E-state index in [1.807, 2.05) is 0 Å². The summed E-state index contributed by atoms with van der Waals surface area (Å²) in [5, 5.41) is 10.6. The molecule has 3 N–H and O–H groups in total. The van der Waals surface area contributed by atoms with Gasteiger partial charge in [0.25, 0.3) is 0 Å². The van der Waals surface area contributed by atoms with Gasteiger partial charge in [-0.15, -0.1) is 0 Å². The Hall–Kier alpha value is -1.94. The van der Waals surface area contributed by atoms with Crippen LogP contribution in [-0.2, 0) is 65.4 Å². The zero-order valence-corrected chi connectivity index (χ0v) is 65.7. The van der Waals surface area contributed by atoms with Crippen molar-refractivity contribution in [1.82, 2.24) is 0 Å². The van der Waals surface area contributed by atoms with E-state index in [0.717, 1.165) is 109 Å². The summed E-state index contributed by atoms with van der Waals surface area (Å²) in [6, 6.07) is 0. The van der Waals surface area contributed by atoms with E-state index in [4.69, 9.17) is 37.0 Å². The first-order valence-corrected chi connectivity index (χ1v) is 44.2. The smallest absolute Gasteiger partial charge is 0.462 e. The maximum Gasteiger partial charge on any atom is 0.472 e. The maximum absolute atomic E-state index is 13.1. The Morgan fingerprint density at radius 2 is 0.490 bits per heavy atom. The first-order chi connectivity index (χ1) is 47.6. The van der Waals surface area contributed by atoms with Gasteiger partial charge in [0.1, 0.15) is 19.3 Å². The normalized spacial score (nSPS) is 14.2. The largest absolute Gasteiger partial charge is 0.472 e. The minimum Gasteiger partial charge on any atom is -0.462 e. The summed E-state index contributed by atoms with van der Waals surface area (Å²) in [7, 11) is -9.91. The number of phosphoric acid groups is 2. The summed E-state index contributed by atoms with van der Waals surface area (Å²) in [4.78, 5) is 72.7. The molecule has 0 aromatic heterocycles. The predicted molar refractivity (Wildman–Crippen MR) is 400 cm³/mol. The summed E-state index contributed by atoms with van der Waals surface area (Å²) >= 11 is 0. The monoisotopic (exact) mass is 1440 g/mol. The van der Waals surface area contributed by atoms with Crippen LogP contribution in [0.3, 0.4) is 0 Å². The molecule has 0 fully saturated rings. The van der Waals surface area contributed by atoms with Gasteiger partial charge in [0.15, 0.2) is 12.2 Å². The first-order valence-electron chi connectivity index (χ1n) is 41.2. The average molecular weight is 1440 g/mol. The molecule has 0 aliphatic heterocycles. The van der Waals surface area contributed by atoms with E-state index < -0.39 is 97.5 Å². The van der Waals surface area contributed by atoms with Crippen LogP contribution in [0.5, 0.6) is 0 Å². The third-order valence-electron chi connectivity index (χ3n) is 18.9. The van der Waals surface area contributed by atoms with Crippen molar-refractivity contribution in [1.29, 1.82) is 0 Å². The van der Waals surface area contributed by atoms with E-state index in [9.17, 15) is 43.2 Å². The fourth-order valence-corrected chi connectivity index (χ4v) is 13.8. The molecule has 0 aromatic carbocycles. The van der Waals surface area contributed by atoms with Crippen molar-refractivity contribution in [3.63, 3.8) is 0 Å². The lowest BCUT2D eigenvalue weighted by Gasteiger charge is -2.21. The highest BCUT2D eigenvalue weighted by molar-refractivity contribution is 7.47. The fraction of sp³-hybridized carbons (Fsp3) is 0.949. The van der Waals surface area contributed by atoms with Crippen LogP contribution in [-0.4, -0.2) is 96.7 Å². The van der Waals surface area contributed by atoms with Gasteiger partial charge in [0, 0.05) is 25.7 Å². The Bertz CT molecular complexity index is 1880. The molecule has 0 saturated heterocycles. The number of rotatable bonds is 79. The van der Waals surface area contributed by atoms with Gasteiger partial charge in [-0.05, 0) is 31.6 Å². The number of esters is 4. The molecule has 0 radical (unpaired) electrons. The summed E-state index contributed by atoms with van der Waals surface area (Å²) in [6.07, 6.45) is 62.6. The van der Waals surface area contributed by atoms with Gasteiger partial charge in [0.2, 0.25) is 0 Å². The van der Waals surface area contributed by atoms with E-state index in [0.29, 0.717) is 25.7 Å². The zero-order valence-electron chi connectivity index (χ0n) is 63.9. The maximum atomic E-state index is 13.1. The molecule has 17 nitrogen and oxygen atoms in total. The third-order valence-corrected chi connectivity index (χ3v) is 20.8. The number of unbranched alkanes of at least 4 members (excludes halogenated alkanes) is 50. The second-order valence-electron chi connectivity index (χ2n) is 28.7. The molecule has 0 aliphatic rings. The summed E-state index contributed by atoms with van der Waals surface area (Å²) in [6.45, 7) is 7.34. The van der Waals surface area contributed by atoms with E-state index in [1.54, 1.807) is 0 Å². The fourth-order valence-electron chi connectivity index (χ4n) is 12.2. The minimum absolute atomic E-state index is 0.107. The molecule has 0 saturated carbocycles. The Balaban J connectivity index is 5.16. The molecule has 0 heterocycles. The predicted octanol–water partition coefficient (Wildman–Crippen LogP) is 23.6. The second kappa shape index (κ2) is 72.0. The molecule has 582 valence electrons. The van der Waals surface area contributed by atoms with E-state index >= 15 is 0 Å². The van der Waals surface area contributed by atoms with Crippen LogP contribution in [0.25, 0.3) is 0 Å². The number of phosphoric ester groups is 2. The van der Waals surface area contributed by atoms with Gasteiger partial charge in [0.05, 0.1) is 26.4 Å². The first kappa shape index (κ1) is 96.1. The van der Waals surface area contributed by atoms with Crippen molar-refractivity contribution in [3.05, 3.63) is 0 Å². The Labute approximate surface area is 600 Å². The lowest BCUT2D eigenvalue weighted by molar-refractivity contribution is -0.161. The van der Waals surface area contributed by atoms with Crippen molar-refractivity contribution in [2.24, 2.45) is 5.92 Å². The molecule has 6 atom stereocenters. The van der Waals surface area contributed by atoms with E-state index in [2.05, 4.69) is 34.6 Å². The number of hydrogen-bond acceptors (Lipinski definition) is 15. The average Bonchev–Trinajstić information content (AvgIpc) is 1.10. The molecule has 0 rings (SSSR count). The van der Waals surface area contributed by atoms with Gasteiger partial charge in [-0.3, -0.25) is 37.3 Å².